The van der Waals surface area contributed by atoms with Crippen LogP contribution >= 0.6 is 0 Å². The topological polar surface area (TPSA) is 106 Å². The summed E-state index contributed by atoms with van der Waals surface area (Å²) in [5.41, 5.74) is 2.80. The first-order chi connectivity index (χ1) is 16.2. The number of hydrogen-bond donors (Lipinski definition) is 1. The number of aromatic amines is 1. The standard InChI is InChI=1S/C27H23NO6/c1-14-22(17(4)29)16(3)28-23(14)21(30)13-33-27(32)20-12-8-11-19-24(31)15(2)25(34-26(19)20)18-9-6-5-7-10-18/h5-12,28H,13H2,1-4H3. The number of H-pyrrole nitrogens is 1. The Morgan fingerprint density at radius 1 is 0.941 bits per heavy atom. The normalized spacial score (nSPS) is 10.9. The molecule has 172 valence electrons. The monoisotopic (exact) mass is 457 g/mol. The van der Waals surface area contributed by atoms with Crippen molar-refractivity contribution in [1.29, 1.82) is 0 Å². The van der Waals surface area contributed by atoms with E-state index in [-0.39, 0.29) is 33.4 Å². The molecule has 0 bridgehead atoms. The van der Waals surface area contributed by atoms with Gasteiger partial charge in [-0.3, -0.25) is 14.4 Å². The van der Waals surface area contributed by atoms with Gasteiger partial charge >= 0.3 is 5.97 Å². The van der Waals surface area contributed by atoms with Crippen molar-refractivity contribution in [3.8, 4) is 11.3 Å². The third-order valence-corrected chi connectivity index (χ3v) is 5.80. The van der Waals surface area contributed by atoms with E-state index in [9.17, 15) is 19.2 Å². The second kappa shape index (κ2) is 8.94. The molecule has 0 aliphatic carbocycles. The molecule has 2 heterocycles. The molecule has 0 radical (unpaired) electrons. The number of esters is 1. The summed E-state index contributed by atoms with van der Waals surface area (Å²) in [6, 6.07) is 13.8. The molecule has 1 N–H and O–H groups in total. The molecule has 7 nitrogen and oxygen atoms in total. The summed E-state index contributed by atoms with van der Waals surface area (Å²) in [6.07, 6.45) is 0. The van der Waals surface area contributed by atoms with E-state index in [1.165, 1.54) is 13.0 Å². The van der Waals surface area contributed by atoms with Crippen LogP contribution in [0.5, 0.6) is 0 Å². The molecule has 0 aliphatic heterocycles. The van der Waals surface area contributed by atoms with Gasteiger partial charge < -0.3 is 14.1 Å². The lowest BCUT2D eigenvalue weighted by atomic mass is 10.0. The van der Waals surface area contributed by atoms with E-state index in [0.29, 0.717) is 33.7 Å². The molecule has 0 atom stereocenters. The number of Topliss-reactive ketones (excluding diaryl/α,β-unsaturated/α-hetero) is 2. The highest BCUT2D eigenvalue weighted by Gasteiger charge is 2.23. The van der Waals surface area contributed by atoms with Crippen molar-refractivity contribution in [3.05, 3.63) is 92.4 Å². The number of fused-ring (bicyclic) bond motifs is 1. The molecule has 34 heavy (non-hydrogen) atoms. The van der Waals surface area contributed by atoms with Crippen molar-refractivity contribution in [2.75, 3.05) is 6.61 Å². The lowest BCUT2D eigenvalue weighted by Gasteiger charge is -2.10. The maximum atomic E-state index is 13.0. The molecule has 0 saturated heterocycles. The molecule has 4 aromatic rings. The lowest BCUT2D eigenvalue weighted by Crippen LogP contribution is -2.16. The fourth-order valence-corrected chi connectivity index (χ4v) is 4.17. The molecular formula is C27H23NO6. The number of nitrogens with one attached hydrogen (secondary N) is 1. The predicted molar refractivity (Wildman–Crippen MR) is 128 cm³/mol. The Morgan fingerprint density at radius 3 is 2.29 bits per heavy atom. The van der Waals surface area contributed by atoms with Gasteiger partial charge in [-0.2, -0.15) is 0 Å². The lowest BCUT2D eigenvalue weighted by molar-refractivity contribution is 0.0474. The molecule has 2 aromatic carbocycles. The van der Waals surface area contributed by atoms with Crippen LogP contribution in [0.2, 0.25) is 0 Å². The Labute approximate surface area is 195 Å². The van der Waals surface area contributed by atoms with Crippen molar-refractivity contribution < 1.29 is 23.5 Å². The Kier molecular flexibility index (Phi) is 6.03. The summed E-state index contributed by atoms with van der Waals surface area (Å²) in [7, 11) is 0. The van der Waals surface area contributed by atoms with Crippen LogP contribution in [-0.2, 0) is 4.74 Å². The molecular weight excluding hydrogens is 434 g/mol. The van der Waals surface area contributed by atoms with Crippen LogP contribution in [0.15, 0.2) is 57.7 Å². The minimum absolute atomic E-state index is 0.0448. The van der Waals surface area contributed by atoms with Gasteiger partial charge in [0, 0.05) is 22.4 Å². The number of para-hydroxylation sites is 1. The summed E-state index contributed by atoms with van der Waals surface area (Å²) in [6.45, 7) is 5.94. The number of aryl methyl sites for hydroxylation is 1. The highest BCUT2D eigenvalue weighted by atomic mass is 16.5. The minimum Gasteiger partial charge on any atom is -0.455 e. The first-order valence-electron chi connectivity index (χ1n) is 10.7. The van der Waals surface area contributed by atoms with E-state index in [1.807, 2.05) is 30.3 Å². The van der Waals surface area contributed by atoms with Crippen molar-refractivity contribution in [1.82, 2.24) is 4.98 Å². The summed E-state index contributed by atoms with van der Waals surface area (Å²) in [5, 5.41) is 0.250. The third-order valence-electron chi connectivity index (χ3n) is 5.80. The third kappa shape index (κ3) is 3.96. The smallest absolute Gasteiger partial charge is 0.342 e. The second-order valence-corrected chi connectivity index (χ2v) is 8.11. The van der Waals surface area contributed by atoms with Gasteiger partial charge in [0.1, 0.15) is 11.3 Å². The number of aromatic nitrogens is 1. The second-order valence-electron chi connectivity index (χ2n) is 8.11. The van der Waals surface area contributed by atoms with Crippen molar-refractivity contribution in [3.63, 3.8) is 0 Å². The zero-order valence-electron chi connectivity index (χ0n) is 19.3. The van der Waals surface area contributed by atoms with E-state index in [2.05, 4.69) is 4.98 Å². The molecule has 4 rings (SSSR count). The fourth-order valence-electron chi connectivity index (χ4n) is 4.17. The van der Waals surface area contributed by atoms with Gasteiger partial charge in [0.15, 0.2) is 23.4 Å². The largest absolute Gasteiger partial charge is 0.455 e. The van der Waals surface area contributed by atoms with Crippen molar-refractivity contribution >= 4 is 28.5 Å². The van der Waals surface area contributed by atoms with Gasteiger partial charge in [-0.15, -0.1) is 0 Å². The molecule has 2 aromatic heterocycles. The first kappa shape index (κ1) is 22.9. The number of ether oxygens (including phenoxy) is 1. The molecule has 0 aliphatic rings. The van der Waals surface area contributed by atoms with Crippen LogP contribution in [0.1, 0.15) is 54.9 Å². The maximum absolute atomic E-state index is 13.0. The highest BCUT2D eigenvalue weighted by molar-refractivity contribution is 6.06. The highest BCUT2D eigenvalue weighted by Crippen LogP contribution is 2.27. The Morgan fingerprint density at radius 2 is 1.65 bits per heavy atom. The number of carbonyl (C=O) groups excluding carboxylic acids is 3. The average molecular weight is 457 g/mol. The van der Waals surface area contributed by atoms with E-state index < -0.39 is 18.4 Å². The van der Waals surface area contributed by atoms with Crippen LogP contribution < -0.4 is 5.43 Å². The fraction of sp³-hybridized carbons (Fsp3) is 0.185. The van der Waals surface area contributed by atoms with Crippen molar-refractivity contribution in [2.45, 2.75) is 27.7 Å². The average Bonchev–Trinajstić information content (AvgIpc) is 3.13. The molecule has 0 amide bonds. The zero-order valence-corrected chi connectivity index (χ0v) is 19.3. The molecule has 7 heteroatoms. The van der Waals surface area contributed by atoms with E-state index in [1.54, 1.807) is 32.9 Å². The SMILES string of the molecule is CC(=O)c1c(C)[nH]c(C(=O)COC(=O)c2cccc3c(=O)c(C)c(-c4ccccc4)oc23)c1C. The summed E-state index contributed by atoms with van der Waals surface area (Å²) in [4.78, 5) is 53.3. The van der Waals surface area contributed by atoms with Gasteiger partial charge in [-0.25, -0.2) is 4.79 Å². The van der Waals surface area contributed by atoms with Gasteiger partial charge in [0.05, 0.1) is 11.1 Å². The van der Waals surface area contributed by atoms with E-state index in [0.717, 1.165) is 0 Å². The predicted octanol–water partition coefficient (Wildman–Crippen LogP) is 4.96. The van der Waals surface area contributed by atoms with Crippen LogP contribution in [0, 0.1) is 20.8 Å². The molecule has 0 saturated carbocycles. The first-order valence-corrected chi connectivity index (χ1v) is 10.7. The minimum atomic E-state index is -0.794. The van der Waals surface area contributed by atoms with Crippen LogP contribution in [-0.4, -0.2) is 29.1 Å². The molecule has 0 spiro atoms. The number of hydrogen-bond acceptors (Lipinski definition) is 6. The number of rotatable bonds is 6. The number of benzene rings is 2. The zero-order chi connectivity index (χ0) is 24.6. The number of ketones is 2. The summed E-state index contributed by atoms with van der Waals surface area (Å²) < 4.78 is 11.3. The Hall–Kier alpha value is -4.26. The summed E-state index contributed by atoms with van der Waals surface area (Å²) >= 11 is 0. The van der Waals surface area contributed by atoms with Gasteiger partial charge in [0.25, 0.3) is 0 Å². The van der Waals surface area contributed by atoms with Crippen LogP contribution in [0.3, 0.4) is 0 Å². The van der Waals surface area contributed by atoms with Gasteiger partial charge in [-0.1, -0.05) is 36.4 Å². The van der Waals surface area contributed by atoms with Crippen LogP contribution in [0.25, 0.3) is 22.3 Å². The maximum Gasteiger partial charge on any atom is 0.342 e. The number of carbonyl (C=O) groups is 3. The summed E-state index contributed by atoms with van der Waals surface area (Å²) in [5.74, 6) is -1.05. The molecule has 0 fully saturated rings. The Bertz CT molecular complexity index is 1510. The van der Waals surface area contributed by atoms with Gasteiger partial charge in [0.2, 0.25) is 5.78 Å². The van der Waals surface area contributed by atoms with E-state index in [4.69, 9.17) is 9.15 Å². The van der Waals surface area contributed by atoms with Crippen LogP contribution in [0.4, 0.5) is 0 Å². The Balaban J connectivity index is 1.67. The van der Waals surface area contributed by atoms with E-state index >= 15 is 0 Å². The quantitative estimate of drug-likeness (QED) is 0.324. The molecule has 0 unspecified atom stereocenters. The van der Waals surface area contributed by atoms with Crippen molar-refractivity contribution in [2.24, 2.45) is 0 Å². The van der Waals surface area contributed by atoms with Gasteiger partial charge in [-0.05, 0) is 45.4 Å².